The molecule has 0 bridgehead atoms. The molecule has 1 heterocycles. The fourth-order valence-electron chi connectivity index (χ4n) is 2.45. The van der Waals surface area contributed by atoms with Crippen LogP contribution in [0.4, 0.5) is 17.1 Å². The predicted molar refractivity (Wildman–Crippen MR) is 95.0 cm³/mol. The summed E-state index contributed by atoms with van der Waals surface area (Å²) in [5.41, 5.74) is 3.67. The summed E-state index contributed by atoms with van der Waals surface area (Å²) in [7, 11) is 0. The summed E-state index contributed by atoms with van der Waals surface area (Å²) in [6.45, 7) is 1.99. The number of anilines is 3. The van der Waals surface area contributed by atoms with E-state index in [2.05, 4.69) is 15.6 Å². The predicted octanol–water partition coefficient (Wildman–Crippen LogP) is 4.72. The van der Waals surface area contributed by atoms with Crippen molar-refractivity contribution in [1.29, 1.82) is 0 Å². The first kappa shape index (κ1) is 15.0. The van der Waals surface area contributed by atoms with Crippen LogP contribution in [-0.4, -0.2) is 10.9 Å². The number of hydrogen-bond acceptors (Lipinski definition) is 3. The van der Waals surface area contributed by atoms with Gasteiger partial charge in [-0.3, -0.25) is 9.78 Å². The number of hydrogen-bond donors (Lipinski definition) is 2. The van der Waals surface area contributed by atoms with Crippen molar-refractivity contribution in [2.75, 3.05) is 10.6 Å². The van der Waals surface area contributed by atoms with Gasteiger partial charge in [0.2, 0.25) is 5.91 Å². The van der Waals surface area contributed by atoms with Crippen LogP contribution in [0.3, 0.4) is 0 Å². The molecule has 2 aromatic carbocycles. The van der Waals surface area contributed by atoms with Crippen molar-refractivity contribution in [3.8, 4) is 0 Å². The van der Waals surface area contributed by atoms with Crippen molar-refractivity contribution in [1.82, 2.24) is 4.98 Å². The Bertz CT molecular complexity index is 807. The molecule has 0 radical (unpaired) electrons. The van der Waals surface area contributed by atoms with Crippen LogP contribution in [-0.2, 0) is 4.79 Å². The minimum Gasteiger partial charge on any atom is -0.354 e. The number of carbonyl (C=O) groups is 1. The van der Waals surface area contributed by atoms with Gasteiger partial charge < -0.3 is 10.6 Å². The van der Waals surface area contributed by atoms with Crippen molar-refractivity contribution in [2.45, 2.75) is 19.8 Å². The van der Waals surface area contributed by atoms with Gasteiger partial charge in [0.1, 0.15) is 0 Å². The first-order chi connectivity index (χ1) is 11.3. The summed E-state index contributed by atoms with van der Waals surface area (Å²) in [6, 6.07) is 17.7. The van der Waals surface area contributed by atoms with E-state index >= 15 is 0 Å². The molecule has 1 aromatic heterocycles. The summed E-state index contributed by atoms with van der Waals surface area (Å²) in [6.07, 6.45) is 3.18. The Morgan fingerprint density at radius 2 is 1.74 bits per heavy atom. The molecule has 0 aliphatic rings. The number of fused-ring (bicyclic) bond motifs is 1. The summed E-state index contributed by atoms with van der Waals surface area (Å²) in [4.78, 5) is 16.0. The van der Waals surface area contributed by atoms with Crippen molar-refractivity contribution >= 4 is 33.9 Å². The normalized spacial score (nSPS) is 10.5. The number of rotatable bonds is 5. The quantitative estimate of drug-likeness (QED) is 0.717. The summed E-state index contributed by atoms with van der Waals surface area (Å²) < 4.78 is 0. The third kappa shape index (κ3) is 3.66. The first-order valence-electron chi connectivity index (χ1n) is 7.77. The van der Waals surface area contributed by atoms with Gasteiger partial charge in [0.15, 0.2) is 0 Å². The van der Waals surface area contributed by atoms with Crippen molar-refractivity contribution in [2.24, 2.45) is 0 Å². The third-order valence-corrected chi connectivity index (χ3v) is 3.56. The van der Waals surface area contributed by atoms with Gasteiger partial charge in [-0.1, -0.05) is 25.1 Å². The molecule has 0 aliphatic carbocycles. The zero-order chi connectivity index (χ0) is 16.1. The van der Waals surface area contributed by atoms with Gasteiger partial charge in [-0.2, -0.15) is 0 Å². The zero-order valence-corrected chi connectivity index (χ0v) is 13.0. The number of aromatic nitrogens is 1. The van der Waals surface area contributed by atoms with Crippen LogP contribution in [0.2, 0.25) is 0 Å². The Hall–Kier alpha value is -2.88. The number of carbonyl (C=O) groups excluding carboxylic acids is 1. The van der Waals surface area contributed by atoms with E-state index in [0.717, 1.165) is 34.4 Å². The van der Waals surface area contributed by atoms with Gasteiger partial charge in [-0.05, 0) is 42.8 Å². The molecular weight excluding hydrogens is 286 g/mol. The second-order valence-corrected chi connectivity index (χ2v) is 5.38. The number of para-hydroxylation sites is 1. The lowest BCUT2D eigenvalue weighted by atomic mass is 10.2. The Labute approximate surface area is 135 Å². The number of pyridine rings is 1. The Morgan fingerprint density at radius 3 is 2.52 bits per heavy atom. The topological polar surface area (TPSA) is 54.0 Å². The molecule has 4 nitrogen and oxygen atoms in total. The van der Waals surface area contributed by atoms with E-state index in [0.29, 0.717) is 6.42 Å². The summed E-state index contributed by atoms with van der Waals surface area (Å²) in [5.74, 6) is 0.0477. The standard InChI is InChI=1S/C19H19N3O/c1-2-5-18(23)22-16-11-9-15(10-12-16)21-17-8-3-6-14-7-4-13-20-19(14)17/h3-4,6-13,21H,2,5H2,1H3,(H,22,23). The van der Waals surface area contributed by atoms with E-state index in [1.165, 1.54) is 0 Å². The molecule has 0 atom stereocenters. The lowest BCUT2D eigenvalue weighted by Gasteiger charge is -2.10. The SMILES string of the molecule is CCCC(=O)Nc1ccc(Nc2cccc3cccnc23)cc1. The van der Waals surface area contributed by atoms with Crippen LogP contribution in [0, 0.1) is 0 Å². The van der Waals surface area contributed by atoms with Gasteiger partial charge >= 0.3 is 0 Å². The molecule has 2 N–H and O–H groups in total. The van der Waals surface area contributed by atoms with Crippen molar-refractivity contribution in [3.05, 3.63) is 60.8 Å². The Morgan fingerprint density at radius 1 is 1.00 bits per heavy atom. The van der Waals surface area contributed by atoms with Crippen LogP contribution in [0.1, 0.15) is 19.8 Å². The second kappa shape index (κ2) is 6.92. The molecule has 3 aromatic rings. The van der Waals surface area contributed by atoms with Crippen molar-refractivity contribution in [3.63, 3.8) is 0 Å². The van der Waals surface area contributed by atoms with Gasteiger partial charge in [-0.25, -0.2) is 0 Å². The van der Waals surface area contributed by atoms with Gasteiger partial charge in [0.05, 0.1) is 11.2 Å². The maximum Gasteiger partial charge on any atom is 0.224 e. The highest BCUT2D eigenvalue weighted by atomic mass is 16.1. The largest absolute Gasteiger partial charge is 0.354 e. The Kier molecular flexibility index (Phi) is 4.52. The minimum absolute atomic E-state index is 0.0477. The number of benzene rings is 2. The molecule has 23 heavy (non-hydrogen) atoms. The molecule has 0 aliphatic heterocycles. The third-order valence-electron chi connectivity index (χ3n) is 3.56. The van der Waals surface area contributed by atoms with E-state index in [1.807, 2.05) is 61.5 Å². The average Bonchev–Trinajstić information content (AvgIpc) is 2.57. The van der Waals surface area contributed by atoms with Gasteiger partial charge in [0, 0.05) is 29.4 Å². The maximum atomic E-state index is 11.6. The number of amides is 1. The van der Waals surface area contributed by atoms with E-state index in [1.54, 1.807) is 6.20 Å². The molecule has 0 fully saturated rings. The molecule has 0 unspecified atom stereocenters. The van der Waals surface area contributed by atoms with Crippen LogP contribution in [0.15, 0.2) is 60.8 Å². The second-order valence-electron chi connectivity index (χ2n) is 5.38. The molecular formula is C19H19N3O. The summed E-state index contributed by atoms with van der Waals surface area (Å²) >= 11 is 0. The van der Waals surface area contributed by atoms with Gasteiger partial charge in [-0.15, -0.1) is 0 Å². The van der Waals surface area contributed by atoms with Crippen LogP contribution >= 0.6 is 0 Å². The van der Waals surface area contributed by atoms with Crippen LogP contribution in [0.25, 0.3) is 10.9 Å². The van der Waals surface area contributed by atoms with Gasteiger partial charge in [0.25, 0.3) is 0 Å². The summed E-state index contributed by atoms with van der Waals surface area (Å²) in [5, 5.41) is 7.36. The fourth-order valence-corrected chi connectivity index (χ4v) is 2.45. The van der Waals surface area contributed by atoms with Crippen molar-refractivity contribution < 1.29 is 4.79 Å². The highest BCUT2D eigenvalue weighted by molar-refractivity contribution is 5.93. The van der Waals surface area contributed by atoms with E-state index in [9.17, 15) is 4.79 Å². The van der Waals surface area contributed by atoms with Crippen LogP contribution < -0.4 is 10.6 Å². The van der Waals surface area contributed by atoms with E-state index < -0.39 is 0 Å². The smallest absolute Gasteiger partial charge is 0.224 e. The lowest BCUT2D eigenvalue weighted by molar-refractivity contribution is -0.116. The van der Waals surface area contributed by atoms with E-state index in [-0.39, 0.29) is 5.91 Å². The first-order valence-corrected chi connectivity index (χ1v) is 7.77. The molecule has 0 spiro atoms. The maximum absolute atomic E-state index is 11.6. The van der Waals surface area contributed by atoms with E-state index in [4.69, 9.17) is 0 Å². The lowest BCUT2D eigenvalue weighted by Crippen LogP contribution is -2.10. The molecule has 3 rings (SSSR count). The highest BCUT2D eigenvalue weighted by Gasteiger charge is 2.03. The number of nitrogens with zero attached hydrogens (tertiary/aromatic N) is 1. The average molecular weight is 305 g/mol. The molecule has 4 heteroatoms. The monoisotopic (exact) mass is 305 g/mol. The number of nitrogens with one attached hydrogen (secondary N) is 2. The zero-order valence-electron chi connectivity index (χ0n) is 13.0. The fraction of sp³-hybridized carbons (Fsp3) is 0.158. The molecule has 1 amide bonds. The molecule has 0 saturated carbocycles. The molecule has 116 valence electrons. The Balaban J connectivity index is 1.76. The molecule has 0 saturated heterocycles. The minimum atomic E-state index is 0.0477. The highest BCUT2D eigenvalue weighted by Crippen LogP contribution is 2.25. The van der Waals surface area contributed by atoms with Crippen LogP contribution in [0.5, 0.6) is 0 Å².